The van der Waals surface area contributed by atoms with Crippen molar-refractivity contribution in [2.45, 2.75) is 32.6 Å². The Morgan fingerprint density at radius 1 is 1.59 bits per heavy atom. The molecule has 0 bridgehead atoms. The molecule has 1 aromatic heterocycles. The molecule has 1 aromatic rings. The van der Waals surface area contributed by atoms with E-state index in [1.54, 1.807) is 0 Å². The molecule has 2 atom stereocenters. The lowest BCUT2D eigenvalue weighted by atomic mass is 9.82. The van der Waals surface area contributed by atoms with E-state index in [-0.39, 0.29) is 10.6 Å². The number of aromatic amines is 1. The lowest BCUT2D eigenvalue weighted by Gasteiger charge is -2.26. The molecular weight excluding hydrogens is 238 g/mol. The highest BCUT2D eigenvalue weighted by Gasteiger charge is 2.19. The van der Waals surface area contributed by atoms with Gasteiger partial charge in [0.25, 0.3) is 5.56 Å². The van der Waals surface area contributed by atoms with Gasteiger partial charge in [0.05, 0.1) is 6.33 Å². The molecule has 0 saturated heterocycles. The Kier molecular flexibility index (Phi) is 4.05. The minimum absolute atomic E-state index is 0.149. The van der Waals surface area contributed by atoms with Crippen LogP contribution in [0.2, 0.25) is 5.02 Å². The number of H-pyrrole nitrogens is 1. The van der Waals surface area contributed by atoms with Crippen molar-refractivity contribution in [1.82, 2.24) is 9.97 Å². The first-order valence-electron chi connectivity index (χ1n) is 6.14. The summed E-state index contributed by atoms with van der Waals surface area (Å²) in [7, 11) is 0. The van der Waals surface area contributed by atoms with Gasteiger partial charge in [-0.3, -0.25) is 4.79 Å². The Hall–Kier alpha value is -1.03. The van der Waals surface area contributed by atoms with Crippen LogP contribution >= 0.6 is 11.6 Å². The quantitative estimate of drug-likeness (QED) is 0.873. The van der Waals surface area contributed by atoms with Gasteiger partial charge in [0.2, 0.25) is 0 Å². The number of halogens is 1. The van der Waals surface area contributed by atoms with Crippen LogP contribution in [0.1, 0.15) is 32.6 Å². The van der Waals surface area contributed by atoms with Crippen LogP contribution < -0.4 is 10.9 Å². The molecule has 2 N–H and O–H groups in total. The van der Waals surface area contributed by atoms with Gasteiger partial charge in [0, 0.05) is 6.54 Å². The summed E-state index contributed by atoms with van der Waals surface area (Å²) >= 11 is 5.87. The summed E-state index contributed by atoms with van der Waals surface area (Å²) in [5, 5.41) is 3.33. The third-order valence-corrected chi connectivity index (χ3v) is 3.75. The zero-order valence-corrected chi connectivity index (χ0v) is 10.8. The maximum atomic E-state index is 11.3. The Morgan fingerprint density at radius 2 is 2.41 bits per heavy atom. The second-order valence-electron chi connectivity index (χ2n) is 4.91. The number of rotatable bonds is 3. The first-order valence-corrected chi connectivity index (χ1v) is 6.51. The van der Waals surface area contributed by atoms with E-state index >= 15 is 0 Å². The summed E-state index contributed by atoms with van der Waals surface area (Å²) in [6, 6.07) is 0. The SMILES string of the molecule is CC1CCCC(CNc2nc[nH]c(=O)c2Cl)C1. The molecule has 0 amide bonds. The maximum absolute atomic E-state index is 11.3. The molecule has 1 aliphatic carbocycles. The van der Waals surface area contributed by atoms with E-state index in [2.05, 4.69) is 22.2 Å². The number of nitrogens with one attached hydrogen (secondary N) is 2. The summed E-state index contributed by atoms with van der Waals surface area (Å²) in [5.41, 5.74) is -0.291. The van der Waals surface area contributed by atoms with Gasteiger partial charge in [-0.15, -0.1) is 0 Å². The monoisotopic (exact) mass is 255 g/mol. The molecule has 94 valence electrons. The molecule has 2 unspecified atom stereocenters. The average molecular weight is 256 g/mol. The van der Waals surface area contributed by atoms with E-state index in [4.69, 9.17) is 11.6 Å². The summed E-state index contributed by atoms with van der Waals surface area (Å²) in [6.45, 7) is 3.14. The van der Waals surface area contributed by atoms with Gasteiger partial charge < -0.3 is 10.3 Å². The molecule has 1 aliphatic rings. The molecular formula is C12H18ClN3O. The zero-order valence-electron chi connectivity index (χ0n) is 10.0. The fraction of sp³-hybridized carbons (Fsp3) is 0.667. The number of hydrogen-bond acceptors (Lipinski definition) is 3. The van der Waals surface area contributed by atoms with Crippen LogP contribution in [0.3, 0.4) is 0 Å². The molecule has 17 heavy (non-hydrogen) atoms. The average Bonchev–Trinajstić information content (AvgIpc) is 2.31. The van der Waals surface area contributed by atoms with Crippen molar-refractivity contribution in [3.8, 4) is 0 Å². The lowest BCUT2D eigenvalue weighted by Crippen LogP contribution is -2.22. The van der Waals surface area contributed by atoms with Crippen LogP contribution in [0, 0.1) is 11.8 Å². The highest BCUT2D eigenvalue weighted by atomic mass is 35.5. The van der Waals surface area contributed by atoms with Crippen molar-refractivity contribution in [3.05, 3.63) is 21.7 Å². The van der Waals surface area contributed by atoms with Crippen LogP contribution in [0.5, 0.6) is 0 Å². The minimum Gasteiger partial charge on any atom is -0.368 e. The van der Waals surface area contributed by atoms with E-state index in [1.807, 2.05) is 0 Å². The minimum atomic E-state index is -0.291. The molecule has 0 aliphatic heterocycles. The smallest absolute Gasteiger partial charge is 0.271 e. The van der Waals surface area contributed by atoms with E-state index < -0.39 is 0 Å². The second kappa shape index (κ2) is 5.54. The van der Waals surface area contributed by atoms with Crippen LogP contribution in [0.25, 0.3) is 0 Å². The topological polar surface area (TPSA) is 57.8 Å². The lowest BCUT2D eigenvalue weighted by molar-refractivity contribution is 0.293. The number of nitrogens with zero attached hydrogens (tertiary/aromatic N) is 1. The van der Waals surface area contributed by atoms with Crippen LogP contribution in [0.4, 0.5) is 5.82 Å². The van der Waals surface area contributed by atoms with E-state index in [0.717, 1.165) is 12.5 Å². The van der Waals surface area contributed by atoms with Crippen molar-refractivity contribution < 1.29 is 0 Å². The predicted molar refractivity (Wildman–Crippen MR) is 69.5 cm³/mol. The van der Waals surface area contributed by atoms with Crippen LogP contribution in [-0.4, -0.2) is 16.5 Å². The highest BCUT2D eigenvalue weighted by molar-refractivity contribution is 6.32. The summed E-state index contributed by atoms with van der Waals surface area (Å²) in [4.78, 5) is 17.8. The van der Waals surface area contributed by atoms with Gasteiger partial charge in [0.15, 0.2) is 5.82 Å². The van der Waals surface area contributed by atoms with Gasteiger partial charge in [-0.2, -0.15) is 0 Å². The Morgan fingerprint density at radius 3 is 3.18 bits per heavy atom. The first-order chi connectivity index (χ1) is 8.16. The summed E-state index contributed by atoms with van der Waals surface area (Å²) in [6.07, 6.45) is 6.50. The van der Waals surface area contributed by atoms with Crippen molar-refractivity contribution in [2.75, 3.05) is 11.9 Å². The van der Waals surface area contributed by atoms with Crippen LogP contribution in [0.15, 0.2) is 11.1 Å². The van der Waals surface area contributed by atoms with Crippen LogP contribution in [-0.2, 0) is 0 Å². The molecule has 4 nitrogen and oxygen atoms in total. The molecule has 1 fully saturated rings. The van der Waals surface area contributed by atoms with Gasteiger partial charge in [0.1, 0.15) is 5.02 Å². The highest BCUT2D eigenvalue weighted by Crippen LogP contribution is 2.28. The van der Waals surface area contributed by atoms with E-state index in [1.165, 1.54) is 32.0 Å². The predicted octanol–water partition coefficient (Wildman–Crippen LogP) is 2.66. The van der Waals surface area contributed by atoms with Gasteiger partial charge >= 0.3 is 0 Å². The van der Waals surface area contributed by atoms with Crippen molar-refractivity contribution >= 4 is 17.4 Å². The Balaban J connectivity index is 1.93. The third kappa shape index (κ3) is 3.22. The molecule has 1 heterocycles. The summed E-state index contributed by atoms with van der Waals surface area (Å²) < 4.78 is 0. The van der Waals surface area contributed by atoms with E-state index in [9.17, 15) is 4.79 Å². The fourth-order valence-electron chi connectivity index (χ4n) is 2.49. The van der Waals surface area contributed by atoms with Gasteiger partial charge in [-0.1, -0.05) is 31.4 Å². The number of hydrogen-bond donors (Lipinski definition) is 2. The molecule has 0 radical (unpaired) electrons. The van der Waals surface area contributed by atoms with E-state index in [0.29, 0.717) is 11.7 Å². The Labute approximate surface area is 106 Å². The van der Waals surface area contributed by atoms with Gasteiger partial charge in [-0.05, 0) is 24.7 Å². The van der Waals surface area contributed by atoms with Gasteiger partial charge in [-0.25, -0.2) is 4.98 Å². The first kappa shape index (κ1) is 12.4. The molecule has 5 heteroatoms. The molecule has 0 spiro atoms. The summed E-state index contributed by atoms with van der Waals surface area (Å²) in [5.74, 6) is 1.96. The number of aromatic nitrogens is 2. The standard InChI is InChI=1S/C12H18ClN3O/c1-8-3-2-4-9(5-8)6-14-11-10(13)12(17)16-7-15-11/h7-9H,2-6H2,1H3,(H2,14,15,16,17). The molecule has 0 aromatic carbocycles. The van der Waals surface area contributed by atoms with Crippen molar-refractivity contribution in [3.63, 3.8) is 0 Å². The largest absolute Gasteiger partial charge is 0.368 e. The van der Waals surface area contributed by atoms with Crippen molar-refractivity contribution in [2.24, 2.45) is 11.8 Å². The third-order valence-electron chi connectivity index (χ3n) is 3.40. The normalized spacial score (nSPS) is 24.6. The molecule has 1 saturated carbocycles. The Bertz CT molecular complexity index is 432. The maximum Gasteiger partial charge on any atom is 0.271 e. The zero-order chi connectivity index (χ0) is 12.3. The van der Waals surface area contributed by atoms with Crippen molar-refractivity contribution in [1.29, 1.82) is 0 Å². The number of anilines is 1. The fourth-order valence-corrected chi connectivity index (χ4v) is 2.66. The second-order valence-corrected chi connectivity index (χ2v) is 5.29. The molecule has 2 rings (SSSR count).